The monoisotopic (exact) mass is 305 g/mol. The highest BCUT2D eigenvalue weighted by atomic mass is 19.1. The SMILES string of the molecule is CCCC(C)NC(=O)CCc1nc(-c2cccc(F)c2)no1. The number of rotatable bonds is 7. The summed E-state index contributed by atoms with van der Waals surface area (Å²) in [6.45, 7) is 4.06. The van der Waals surface area contributed by atoms with Crippen molar-refractivity contribution < 1.29 is 13.7 Å². The Hall–Kier alpha value is -2.24. The molecule has 0 spiro atoms. The molecule has 0 aliphatic rings. The molecule has 1 unspecified atom stereocenters. The van der Waals surface area contributed by atoms with E-state index in [-0.39, 0.29) is 17.8 Å². The van der Waals surface area contributed by atoms with Gasteiger partial charge in [0, 0.05) is 24.4 Å². The number of carbonyl (C=O) groups is 1. The van der Waals surface area contributed by atoms with Gasteiger partial charge in [-0.05, 0) is 25.5 Å². The molecule has 22 heavy (non-hydrogen) atoms. The summed E-state index contributed by atoms with van der Waals surface area (Å²) in [5.41, 5.74) is 0.552. The molecule has 2 aromatic rings. The maximum absolute atomic E-state index is 13.2. The highest BCUT2D eigenvalue weighted by Crippen LogP contribution is 2.17. The maximum Gasteiger partial charge on any atom is 0.227 e. The molecule has 0 saturated carbocycles. The van der Waals surface area contributed by atoms with Crippen LogP contribution in [0.5, 0.6) is 0 Å². The summed E-state index contributed by atoms with van der Waals surface area (Å²) in [6.07, 6.45) is 2.64. The zero-order chi connectivity index (χ0) is 15.9. The Morgan fingerprint density at radius 1 is 1.45 bits per heavy atom. The molecule has 1 heterocycles. The summed E-state index contributed by atoms with van der Waals surface area (Å²) in [6, 6.07) is 6.16. The van der Waals surface area contributed by atoms with Crippen LogP contribution in [0.2, 0.25) is 0 Å². The van der Waals surface area contributed by atoms with E-state index in [2.05, 4.69) is 22.4 Å². The standard InChI is InChI=1S/C16H20FN3O2/c1-3-5-11(2)18-14(21)8-9-15-19-16(20-22-15)12-6-4-7-13(17)10-12/h4,6-7,10-11H,3,5,8-9H2,1-2H3,(H,18,21). The molecule has 1 aromatic carbocycles. The van der Waals surface area contributed by atoms with Gasteiger partial charge in [-0.25, -0.2) is 4.39 Å². The smallest absolute Gasteiger partial charge is 0.227 e. The van der Waals surface area contributed by atoms with Gasteiger partial charge >= 0.3 is 0 Å². The number of hydrogen-bond donors (Lipinski definition) is 1. The van der Waals surface area contributed by atoms with Gasteiger partial charge in [-0.1, -0.05) is 30.6 Å². The van der Waals surface area contributed by atoms with Gasteiger partial charge in [-0.15, -0.1) is 0 Å². The van der Waals surface area contributed by atoms with E-state index in [0.717, 1.165) is 12.8 Å². The molecule has 0 bridgehead atoms. The van der Waals surface area contributed by atoms with E-state index in [0.29, 0.717) is 30.1 Å². The molecule has 0 fully saturated rings. The molecule has 5 nitrogen and oxygen atoms in total. The zero-order valence-corrected chi connectivity index (χ0v) is 12.8. The molecular formula is C16H20FN3O2. The van der Waals surface area contributed by atoms with Gasteiger partial charge in [-0.2, -0.15) is 4.98 Å². The lowest BCUT2D eigenvalue weighted by Crippen LogP contribution is -2.32. The first-order valence-electron chi connectivity index (χ1n) is 7.46. The molecule has 0 saturated heterocycles. The van der Waals surface area contributed by atoms with Crippen LogP contribution in [0.1, 0.15) is 39.0 Å². The van der Waals surface area contributed by atoms with Crippen molar-refractivity contribution in [3.8, 4) is 11.4 Å². The van der Waals surface area contributed by atoms with Crippen molar-refractivity contribution in [3.63, 3.8) is 0 Å². The first-order chi connectivity index (χ1) is 10.6. The van der Waals surface area contributed by atoms with Gasteiger partial charge in [0.2, 0.25) is 17.6 Å². The molecule has 0 aliphatic carbocycles. The predicted molar refractivity (Wildman–Crippen MR) is 80.5 cm³/mol. The minimum atomic E-state index is -0.354. The Kier molecular flexibility index (Phi) is 5.63. The van der Waals surface area contributed by atoms with E-state index in [1.54, 1.807) is 12.1 Å². The lowest BCUT2D eigenvalue weighted by atomic mass is 10.2. The number of aromatic nitrogens is 2. The first-order valence-corrected chi connectivity index (χ1v) is 7.46. The van der Waals surface area contributed by atoms with Crippen LogP contribution < -0.4 is 5.32 Å². The molecule has 0 aliphatic heterocycles. The van der Waals surface area contributed by atoms with Crippen LogP contribution in [0.4, 0.5) is 4.39 Å². The maximum atomic E-state index is 13.2. The van der Waals surface area contributed by atoms with Crippen LogP contribution in [-0.2, 0) is 11.2 Å². The number of amides is 1. The number of hydrogen-bond acceptors (Lipinski definition) is 4. The van der Waals surface area contributed by atoms with E-state index in [1.165, 1.54) is 12.1 Å². The third-order valence-electron chi connectivity index (χ3n) is 3.25. The topological polar surface area (TPSA) is 68.0 Å². The van der Waals surface area contributed by atoms with Crippen LogP contribution in [0.3, 0.4) is 0 Å². The Morgan fingerprint density at radius 2 is 2.27 bits per heavy atom. The van der Waals surface area contributed by atoms with E-state index in [1.807, 2.05) is 6.92 Å². The highest BCUT2D eigenvalue weighted by molar-refractivity contribution is 5.76. The molecule has 1 N–H and O–H groups in total. The van der Waals surface area contributed by atoms with Gasteiger partial charge in [0.15, 0.2) is 0 Å². The first kappa shape index (κ1) is 16.1. The summed E-state index contributed by atoms with van der Waals surface area (Å²) in [4.78, 5) is 16.0. The van der Waals surface area contributed by atoms with Crippen molar-refractivity contribution in [2.75, 3.05) is 0 Å². The molecule has 2 rings (SSSR count). The Bertz CT molecular complexity index is 627. The Labute approximate surface area is 128 Å². The van der Waals surface area contributed by atoms with Gasteiger partial charge < -0.3 is 9.84 Å². The van der Waals surface area contributed by atoms with Gasteiger partial charge in [0.25, 0.3) is 0 Å². The molecule has 1 amide bonds. The Balaban J connectivity index is 1.88. The summed E-state index contributed by atoms with van der Waals surface area (Å²) in [5, 5.41) is 6.73. The Morgan fingerprint density at radius 3 is 3.00 bits per heavy atom. The van der Waals surface area contributed by atoms with E-state index >= 15 is 0 Å². The van der Waals surface area contributed by atoms with Crippen molar-refractivity contribution in [1.82, 2.24) is 15.5 Å². The second-order valence-electron chi connectivity index (χ2n) is 5.28. The molecule has 0 radical (unpaired) electrons. The third kappa shape index (κ3) is 4.65. The van der Waals surface area contributed by atoms with E-state index < -0.39 is 0 Å². The van der Waals surface area contributed by atoms with Crippen LogP contribution in [0, 0.1) is 5.82 Å². The van der Waals surface area contributed by atoms with Crippen LogP contribution in [0.25, 0.3) is 11.4 Å². The normalized spacial score (nSPS) is 12.1. The quantitative estimate of drug-likeness (QED) is 0.853. The van der Waals surface area contributed by atoms with Crippen molar-refractivity contribution in [3.05, 3.63) is 36.0 Å². The summed E-state index contributed by atoms with van der Waals surface area (Å²) < 4.78 is 18.3. The fraction of sp³-hybridized carbons (Fsp3) is 0.438. The summed E-state index contributed by atoms with van der Waals surface area (Å²) >= 11 is 0. The zero-order valence-electron chi connectivity index (χ0n) is 12.8. The number of carbonyl (C=O) groups excluding carboxylic acids is 1. The largest absolute Gasteiger partial charge is 0.354 e. The van der Waals surface area contributed by atoms with Gasteiger partial charge in [0.1, 0.15) is 5.82 Å². The number of halogens is 1. The van der Waals surface area contributed by atoms with Crippen LogP contribution in [-0.4, -0.2) is 22.1 Å². The average Bonchev–Trinajstić information content (AvgIpc) is 2.94. The van der Waals surface area contributed by atoms with Crippen molar-refractivity contribution in [2.45, 2.75) is 45.6 Å². The molecule has 1 atom stereocenters. The fourth-order valence-electron chi connectivity index (χ4n) is 2.17. The van der Waals surface area contributed by atoms with Crippen molar-refractivity contribution >= 4 is 5.91 Å². The number of nitrogens with one attached hydrogen (secondary N) is 1. The summed E-state index contributed by atoms with van der Waals surface area (Å²) in [5.74, 6) is 0.311. The minimum absolute atomic E-state index is 0.0357. The second kappa shape index (κ2) is 7.68. The number of benzene rings is 1. The number of aryl methyl sites for hydroxylation is 1. The van der Waals surface area contributed by atoms with Crippen molar-refractivity contribution in [1.29, 1.82) is 0 Å². The average molecular weight is 305 g/mol. The van der Waals surface area contributed by atoms with Crippen LogP contribution in [0.15, 0.2) is 28.8 Å². The third-order valence-corrected chi connectivity index (χ3v) is 3.25. The fourth-order valence-corrected chi connectivity index (χ4v) is 2.17. The molecule has 118 valence electrons. The predicted octanol–water partition coefficient (Wildman–Crippen LogP) is 3.11. The van der Waals surface area contributed by atoms with Crippen LogP contribution >= 0.6 is 0 Å². The van der Waals surface area contributed by atoms with E-state index in [9.17, 15) is 9.18 Å². The molecule has 6 heteroatoms. The number of nitrogens with zero attached hydrogens (tertiary/aromatic N) is 2. The van der Waals surface area contributed by atoms with E-state index in [4.69, 9.17) is 4.52 Å². The van der Waals surface area contributed by atoms with Gasteiger partial charge in [0.05, 0.1) is 0 Å². The van der Waals surface area contributed by atoms with Crippen molar-refractivity contribution in [2.24, 2.45) is 0 Å². The highest BCUT2D eigenvalue weighted by Gasteiger charge is 2.12. The summed E-state index contributed by atoms with van der Waals surface area (Å²) in [7, 11) is 0. The lowest BCUT2D eigenvalue weighted by molar-refractivity contribution is -0.121. The van der Waals surface area contributed by atoms with Gasteiger partial charge in [-0.3, -0.25) is 4.79 Å². The molecular weight excluding hydrogens is 285 g/mol. The minimum Gasteiger partial charge on any atom is -0.354 e. The molecule has 1 aromatic heterocycles. The lowest BCUT2D eigenvalue weighted by Gasteiger charge is -2.11. The second-order valence-corrected chi connectivity index (χ2v) is 5.28.